The van der Waals surface area contributed by atoms with E-state index in [9.17, 15) is 9.59 Å². The van der Waals surface area contributed by atoms with Crippen LogP contribution in [0.15, 0.2) is 0 Å². The summed E-state index contributed by atoms with van der Waals surface area (Å²) in [4.78, 5) is 22.9. The first-order chi connectivity index (χ1) is 11.8. The van der Waals surface area contributed by atoms with E-state index in [-0.39, 0.29) is 24.2 Å². The third kappa shape index (κ3) is 5.13. The SMILES string of the molecule is COC(=O)C(CCCC[C@H]1O[C@@H](OC)[C@@H]2OC(C)(C)O[C@@H]21)NC(C)=O. The van der Waals surface area contributed by atoms with Gasteiger partial charge in [0, 0.05) is 14.0 Å². The van der Waals surface area contributed by atoms with E-state index in [4.69, 9.17) is 23.7 Å². The number of carbonyl (C=O) groups excluding carboxylic acids is 2. The van der Waals surface area contributed by atoms with Gasteiger partial charge in [0.25, 0.3) is 0 Å². The van der Waals surface area contributed by atoms with E-state index < -0.39 is 24.1 Å². The van der Waals surface area contributed by atoms with Gasteiger partial charge in [-0.1, -0.05) is 12.8 Å². The topological polar surface area (TPSA) is 92.3 Å². The largest absolute Gasteiger partial charge is 0.467 e. The lowest BCUT2D eigenvalue weighted by Gasteiger charge is -2.23. The number of ether oxygens (including phenoxy) is 5. The van der Waals surface area contributed by atoms with Crippen molar-refractivity contribution in [2.24, 2.45) is 0 Å². The van der Waals surface area contributed by atoms with Gasteiger partial charge in [0.2, 0.25) is 5.91 Å². The van der Waals surface area contributed by atoms with E-state index in [1.165, 1.54) is 14.0 Å². The van der Waals surface area contributed by atoms with Crippen LogP contribution < -0.4 is 5.32 Å². The summed E-state index contributed by atoms with van der Waals surface area (Å²) in [6.07, 6.45) is 1.91. The molecule has 8 nitrogen and oxygen atoms in total. The van der Waals surface area contributed by atoms with Crippen LogP contribution in [0.4, 0.5) is 0 Å². The molecule has 1 amide bonds. The molecule has 144 valence electrons. The molecule has 25 heavy (non-hydrogen) atoms. The molecule has 2 fully saturated rings. The summed E-state index contributed by atoms with van der Waals surface area (Å²) in [5.74, 6) is -1.32. The Kier molecular flexibility index (Phi) is 6.79. The molecule has 8 heteroatoms. The minimum absolute atomic E-state index is 0.117. The number of fused-ring (bicyclic) bond motifs is 1. The Morgan fingerprint density at radius 1 is 1.16 bits per heavy atom. The summed E-state index contributed by atoms with van der Waals surface area (Å²) < 4.78 is 27.8. The van der Waals surface area contributed by atoms with Crippen molar-refractivity contribution in [2.75, 3.05) is 14.2 Å². The summed E-state index contributed by atoms with van der Waals surface area (Å²) in [7, 11) is 2.90. The highest BCUT2D eigenvalue weighted by molar-refractivity contribution is 5.83. The normalized spacial score (nSPS) is 31.4. The Hall–Kier alpha value is -1.22. The number of unbranched alkanes of at least 4 members (excludes halogenated alkanes) is 1. The Morgan fingerprint density at radius 2 is 1.84 bits per heavy atom. The van der Waals surface area contributed by atoms with Crippen molar-refractivity contribution in [1.82, 2.24) is 5.32 Å². The molecule has 0 aromatic rings. The number of methoxy groups -OCH3 is 2. The summed E-state index contributed by atoms with van der Waals surface area (Å²) in [6, 6.07) is -0.614. The van der Waals surface area contributed by atoms with Crippen LogP contribution in [0.2, 0.25) is 0 Å². The van der Waals surface area contributed by atoms with E-state index >= 15 is 0 Å². The van der Waals surface area contributed by atoms with E-state index in [0.29, 0.717) is 6.42 Å². The van der Waals surface area contributed by atoms with Crippen LogP contribution in [0.25, 0.3) is 0 Å². The molecule has 2 aliphatic heterocycles. The molecule has 0 aliphatic carbocycles. The second kappa shape index (κ2) is 8.44. The zero-order chi connectivity index (χ0) is 18.6. The second-order valence-electron chi connectivity index (χ2n) is 6.90. The molecule has 2 heterocycles. The van der Waals surface area contributed by atoms with Crippen LogP contribution in [-0.4, -0.2) is 62.5 Å². The van der Waals surface area contributed by atoms with Crippen molar-refractivity contribution in [1.29, 1.82) is 0 Å². The minimum atomic E-state index is -0.643. The van der Waals surface area contributed by atoms with Crippen LogP contribution in [0, 0.1) is 0 Å². The van der Waals surface area contributed by atoms with Gasteiger partial charge >= 0.3 is 5.97 Å². The van der Waals surface area contributed by atoms with Crippen LogP contribution >= 0.6 is 0 Å². The van der Waals surface area contributed by atoms with E-state index in [0.717, 1.165) is 19.3 Å². The Bertz CT molecular complexity index is 482. The highest BCUT2D eigenvalue weighted by atomic mass is 16.8. The molecule has 2 saturated heterocycles. The molecule has 0 saturated carbocycles. The summed E-state index contributed by atoms with van der Waals surface area (Å²) >= 11 is 0. The second-order valence-corrected chi connectivity index (χ2v) is 6.90. The Labute approximate surface area is 148 Å². The third-order valence-electron chi connectivity index (χ3n) is 4.43. The van der Waals surface area contributed by atoms with E-state index in [2.05, 4.69) is 5.32 Å². The first-order valence-corrected chi connectivity index (χ1v) is 8.66. The van der Waals surface area contributed by atoms with E-state index in [1.54, 1.807) is 7.11 Å². The quantitative estimate of drug-likeness (QED) is 0.513. The van der Waals surface area contributed by atoms with Gasteiger partial charge in [-0.3, -0.25) is 4.79 Å². The fourth-order valence-electron chi connectivity index (χ4n) is 3.39. The fraction of sp³-hybridized carbons (Fsp3) is 0.882. The lowest BCUT2D eigenvalue weighted by atomic mass is 10.0. The molecule has 2 aliphatic rings. The van der Waals surface area contributed by atoms with Gasteiger partial charge in [0.1, 0.15) is 18.2 Å². The predicted molar refractivity (Wildman–Crippen MR) is 87.6 cm³/mol. The van der Waals surface area contributed by atoms with Crippen LogP contribution in [0.5, 0.6) is 0 Å². The molecule has 1 unspecified atom stereocenters. The van der Waals surface area contributed by atoms with Gasteiger partial charge in [-0.2, -0.15) is 0 Å². The molecule has 2 rings (SSSR count). The maximum absolute atomic E-state index is 11.7. The van der Waals surface area contributed by atoms with Crippen LogP contribution in [-0.2, 0) is 33.3 Å². The molecule has 0 radical (unpaired) electrons. The molecular formula is C17H29NO7. The van der Waals surface area contributed by atoms with Gasteiger partial charge in [-0.05, 0) is 26.7 Å². The average Bonchev–Trinajstić information content (AvgIpc) is 3.02. The molecule has 0 aromatic heterocycles. The van der Waals surface area contributed by atoms with Gasteiger partial charge in [-0.25, -0.2) is 4.79 Å². The predicted octanol–water partition coefficient (Wildman–Crippen LogP) is 1.12. The van der Waals surface area contributed by atoms with Crippen molar-refractivity contribution >= 4 is 11.9 Å². The average molecular weight is 359 g/mol. The standard InChI is InChI=1S/C17H29NO7/c1-10(19)18-11(15(20)21-4)8-6-7-9-12-13-14(16(22-5)23-12)25-17(2,3)24-13/h11-14,16H,6-9H2,1-5H3,(H,18,19)/t11?,12-,13-,14-,16-/m1/s1. The number of amides is 1. The molecule has 0 spiro atoms. The minimum Gasteiger partial charge on any atom is -0.467 e. The van der Waals surface area contributed by atoms with Crippen molar-refractivity contribution in [3.05, 3.63) is 0 Å². The van der Waals surface area contributed by atoms with Crippen molar-refractivity contribution in [3.8, 4) is 0 Å². The highest BCUT2D eigenvalue weighted by Gasteiger charge is 2.55. The monoisotopic (exact) mass is 359 g/mol. The highest BCUT2D eigenvalue weighted by Crippen LogP contribution is 2.40. The van der Waals surface area contributed by atoms with Gasteiger partial charge in [-0.15, -0.1) is 0 Å². The number of hydrogen-bond acceptors (Lipinski definition) is 7. The smallest absolute Gasteiger partial charge is 0.328 e. The van der Waals surface area contributed by atoms with Crippen molar-refractivity contribution in [3.63, 3.8) is 0 Å². The van der Waals surface area contributed by atoms with Gasteiger partial charge in [0.05, 0.1) is 13.2 Å². The number of carbonyl (C=O) groups is 2. The number of esters is 1. The number of hydrogen-bond donors (Lipinski definition) is 1. The zero-order valence-electron chi connectivity index (χ0n) is 15.6. The van der Waals surface area contributed by atoms with Gasteiger partial charge in [0.15, 0.2) is 12.1 Å². The number of rotatable bonds is 8. The zero-order valence-corrected chi connectivity index (χ0v) is 15.6. The van der Waals surface area contributed by atoms with Crippen molar-refractivity contribution in [2.45, 2.75) is 82.9 Å². The Morgan fingerprint density at radius 3 is 2.44 bits per heavy atom. The van der Waals surface area contributed by atoms with Crippen LogP contribution in [0.1, 0.15) is 46.5 Å². The molecule has 0 bridgehead atoms. The number of nitrogens with one attached hydrogen (secondary N) is 1. The molecule has 0 aromatic carbocycles. The Balaban J connectivity index is 1.81. The maximum Gasteiger partial charge on any atom is 0.328 e. The molecule has 1 N–H and O–H groups in total. The summed E-state index contributed by atoms with van der Waals surface area (Å²) in [5, 5.41) is 2.61. The fourth-order valence-corrected chi connectivity index (χ4v) is 3.39. The van der Waals surface area contributed by atoms with Crippen molar-refractivity contribution < 1.29 is 33.3 Å². The van der Waals surface area contributed by atoms with Gasteiger partial charge < -0.3 is 29.0 Å². The lowest BCUT2D eigenvalue weighted by Crippen LogP contribution is -2.40. The maximum atomic E-state index is 11.7. The lowest BCUT2D eigenvalue weighted by molar-refractivity contribution is -0.227. The summed E-state index contributed by atoms with van der Waals surface area (Å²) in [6.45, 7) is 5.14. The van der Waals surface area contributed by atoms with Crippen LogP contribution in [0.3, 0.4) is 0 Å². The molecule has 5 atom stereocenters. The molecular weight excluding hydrogens is 330 g/mol. The third-order valence-corrected chi connectivity index (χ3v) is 4.43. The van der Waals surface area contributed by atoms with E-state index in [1.807, 2.05) is 13.8 Å². The summed E-state index contributed by atoms with van der Waals surface area (Å²) in [5.41, 5.74) is 0. The first-order valence-electron chi connectivity index (χ1n) is 8.66. The first kappa shape index (κ1) is 20.1.